The Balaban J connectivity index is 2.86. The molecule has 0 fully saturated rings. The Morgan fingerprint density at radius 1 is 1.16 bits per heavy atom. The summed E-state index contributed by atoms with van der Waals surface area (Å²) in [6, 6.07) is 7.66. The van der Waals surface area contributed by atoms with Crippen LogP contribution < -0.4 is 0 Å². The van der Waals surface area contributed by atoms with E-state index in [4.69, 9.17) is 0 Å². The lowest BCUT2D eigenvalue weighted by Crippen LogP contribution is -1.96. The van der Waals surface area contributed by atoms with Crippen molar-refractivity contribution in [2.45, 2.75) is 46.5 Å². The first-order valence-electron chi connectivity index (χ1n) is 7.10. The normalized spacial score (nSPS) is 12.9. The number of phenols is 1. The lowest BCUT2D eigenvalue weighted by molar-refractivity contribution is 0.463. The van der Waals surface area contributed by atoms with E-state index >= 15 is 0 Å². The lowest BCUT2D eigenvalue weighted by atomic mass is 9.91. The third-order valence-electron chi connectivity index (χ3n) is 3.09. The quantitative estimate of drug-likeness (QED) is 0.674. The molecular formula is C18H26O. The van der Waals surface area contributed by atoms with Gasteiger partial charge >= 0.3 is 0 Å². The van der Waals surface area contributed by atoms with Crippen molar-refractivity contribution >= 4 is 0 Å². The lowest BCUT2D eigenvalue weighted by Gasteiger charge is -2.14. The maximum absolute atomic E-state index is 10.0. The first-order chi connectivity index (χ1) is 9.00. The Kier molecular flexibility index (Phi) is 6.41. The molecule has 0 aromatic heterocycles. The van der Waals surface area contributed by atoms with Crippen molar-refractivity contribution in [3.05, 3.63) is 53.6 Å². The minimum Gasteiger partial charge on any atom is -0.508 e. The molecule has 1 aromatic carbocycles. The Labute approximate surface area is 117 Å². The van der Waals surface area contributed by atoms with Crippen LogP contribution in [0.4, 0.5) is 0 Å². The molecule has 1 unspecified atom stereocenters. The molecule has 1 heteroatoms. The smallest absolute Gasteiger partial charge is 0.119 e. The SMILES string of the molecule is CC(C)=CCCC(/C=C/C(C)C)c1ccccc1O. The molecule has 0 saturated carbocycles. The van der Waals surface area contributed by atoms with E-state index < -0.39 is 0 Å². The third-order valence-corrected chi connectivity index (χ3v) is 3.09. The summed E-state index contributed by atoms with van der Waals surface area (Å²) in [4.78, 5) is 0. The van der Waals surface area contributed by atoms with Gasteiger partial charge in [0.15, 0.2) is 0 Å². The van der Waals surface area contributed by atoms with Gasteiger partial charge in [0.1, 0.15) is 5.75 Å². The third kappa shape index (κ3) is 5.78. The van der Waals surface area contributed by atoms with Crippen LogP contribution in [0.25, 0.3) is 0 Å². The highest BCUT2D eigenvalue weighted by atomic mass is 16.3. The molecule has 0 aliphatic carbocycles. The minimum absolute atomic E-state index is 0.291. The highest BCUT2D eigenvalue weighted by Gasteiger charge is 2.11. The summed E-state index contributed by atoms with van der Waals surface area (Å²) < 4.78 is 0. The average Bonchev–Trinajstić information content (AvgIpc) is 2.34. The Bertz CT molecular complexity index is 437. The van der Waals surface area contributed by atoms with Crippen LogP contribution in [0.2, 0.25) is 0 Å². The molecule has 0 aliphatic heterocycles. The van der Waals surface area contributed by atoms with Crippen LogP contribution in [0.3, 0.4) is 0 Å². The molecule has 0 aliphatic rings. The number of hydrogen-bond donors (Lipinski definition) is 1. The van der Waals surface area contributed by atoms with E-state index in [0.717, 1.165) is 18.4 Å². The van der Waals surface area contributed by atoms with Gasteiger partial charge in [0.05, 0.1) is 0 Å². The molecule has 1 rings (SSSR count). The van der Waals surface area contributed by atoms with Crippen molar-refractivity contribution in [1.29, 1.82) is 0 Å². The van der Waals surface area contributed by atoms with Crippen LogP contribution in [0.1, 0.15) is 52.0 Å². The number of para-hydroxylation sites is 1. The average molecular weight is 258 g/mol. The first-order valence-corrected chi connectivity index (χ1v) is 7.10. The number of aromatic hydroxyl groups is 1. The second kappa shape index (κ2) is 7.83. The number of hydrogen-bond acceptors (Lipinski definition) is 1. The van der Waals surface area contributed by atoms with Crippen molar-refractivity contribution < 1.29 is 5.11 Å². The molecule has 104 valence electrons. The molecule has 0 bridgehead atoms. The zero-order valence-corrected chi connectivity index (χ0v) is 12.6. The van der Waals surface area contributed by atoms with Gasteiger partial charge in [-0.15, -0.1) is 0 Å². The highest BCUT2D eigenvalue weighted by Crippen LogP contribution is 2.30. The van der Waals surface area contributed by atoms with Gasteiger partial charge in [0.2, 0.25) is 0 Å². The van der Waals surface area contributed by atoms with Crippen LogP contribution >= 0.6 is 0 Å². The van der Waals surface area contributed by atoms with Crippen LogP contribution in [0.15, 0.2) is 48.1 Å². The summed E-state index contributed by atoms with van der Waals surface area (Å²) >= 11 is 0. The van der Waals surface area contributed by atoms with E-state index in [9.17, 15) is 5.11 Å². The van der Waals surface area contributed by atoms with Crippen molar-refractivity contribution in [3.63, 3.8) is 0 Å². The largest absolute Gasteiger partial charge is 0.508 e. The summed E-state index contributed by atoms with van der Waals surface area (Å²) in [5.74, 6) is 1.23. The molecular weight excluding hydrogens is 232 g/mol. The molecule has 0 spiro atoms. The Morgan fingerprint density at radius 2 is 1.84 bits per heavy atom. The fourth-order valence-electron chi connectivity index (χ4n) is 2.06. The van der Waals surface area contributed by atoms with Crippen molar-refractivity contribution in [2.75, 3.05) is 0 Å². The summed E-state index contributed by atoms with van der Waals surface area (Å²) in [5, 5.41) is 10.0. The molecule has 1 atom stereocenters. The number of phenolic OH excluding ortho intramolecular Hbond substituents is 1. The van der Waals surface area contributed by atoms with Gasteiger partial charge in [0.25, 0.3) is 0 Å². The fourth-order valence-corrected chi connectivity index (χ4v) is 2.06. The van der Waals surface area contributed by atoms with Gasteiger partial charge in [-0.05, 0) is 38.7 Å². The Hall–Kier alpha value is -1.50. The monoisotopic (exact) mass is 258 g/mol. The maximum atomic E-state index is 10.0. The standard InChI is InChI=1S/C18H26O/c1-14(2)8-7-9-16(13-12-15(3)4)17-10-5-6-11-18(17)19/h5-6,8,10-13,15-16,19H,7,9H2,1-4H3/b13-12+. The Morgan fingerprint density at radius 3 is 2.42 bits per heavy atom. The molecule has 1 N–H and O–H groups in total. The second-order valence-electron chi connectivity index (χ2n) is 5.65. The summed E-state index contributed by atoms with van der Waals surface area (Å²) in [5.41, 5.74) is 2.38. The minimum atomic E-state index is 0.291. The van der Waals surface area contributed by atoms with E-state index in [1.165, 1.54) is 5.57 Å². The zero-order chi connectivity index (χ0) is 14.3. The van der Waals surface area contributed by atoms with Crippen LogP contribution in [0, 0.1) is 5.92 Å². The predicted octanol–water partition coefficient (Wildman–Crippen LogP) is 5.43. The second-order valence-corrected chi connectivity index (χ2v) is 5.65. The van der Waals surface area contributed by atoms with Gasteiger partial charge in [-0.2, -0.15) is 0 Å². The van der Waals surface area contributed by atoms with Gasteiger partial charge in [-0.3, -0.25) is 0 Å². The van der Waals surface area contributed by atoms with E-state index in [2.05, 4.69) is 45.9 Å². The van der Waals surface area contributed by atoms with E-state index in [0.29, 0.717) is 17.6 Å². The molecule has 1 aromatic rings. The molecule has 0 saturated heterocycles. The van der Waals surface area contributed by atoms with Crippen LogP contribution in [-0.4, -0.2) is 5.11 Å². The molecule has 0 heterocycles. The summed E-state index contributed by atoms with van der Waals surface area (Å²) in [7, 11) is 0. The van der Waals surface area contributed by atoms with E-state index in [-0.39, 0.29) is 0 Å². The van der Waals surface area contributed by atoms with Gasteiger partial charge in [-0.1, -0.05) is 55.8 Å². The van der Waals surface area contributed by atoms with E-state index in [1.54, 1.807) is 6.07 Å². The zero-order valence-electron chi connectivity index (χ0n) is 12.6. The molecule has 1 nitrogen and oxygen atoms in total. The fraction of sp³-hybridized carbons (Fsp3) is 0.444. The van der Waals surface area contributed by atoms with Gasteiger partial charge in [0, 0.05) is 11.5 Å². The van der Waals surface area contributed by atoms with Crippen LogP contribution in [-0.2, 0) is 0 Å². The van der Waals surface area contributed by atoms with E-state index in [1.807, 2.05) is 18.2 Å². The van der Waals surface area contributed by atoms with Gasteiger partial charge in [-0.25, -0.2) is 0 Å². The number of allylic oxidation sites excluding steroid dienone is 4. The maximum Gasteiger partial charge on any atom is 0.119 e. The molecule has 0 radical (unpaired) electrons. The molecule has 19 heavy (non-hydrogen) atoms. The van der Waals surface area contributed by atoms with Gasteiger partial charge < -0.3 is 5.11 Å². The number of benzene rings is 1. The summed E-state index contributed by atoms with van der Waals surface area (Å²) in [6.07, 6.45) is 8.80. The topological polar surface area (TPSA) is 20.2 Å². The molecule has 0 amide bonds. The van der Waals surface area contributed by atoms with Crippen molar-refractivity contribution in [2.24, 2.45) is 5.92 Å². The number of rotatable bonds is 6. The van der Waals surface area contributed by atoms with Crippen molar-refractivity contribution in [1.82, 2.24) is 0 Å². The first kappa shape index (κ1) is 15.6. The highest BCUT2D eigenvalue weighted by molar-refractivity contribution is 5.37. The van der Waals surface area contributed by atoms with Crippen LogP contribution in [0.5, 0.6) is 5.75 Å². The van der Waals surface area contributed by atoms with Crippen molar-refractivity contribution in [3.8, 4) is 5.75 Å². The summed E-state index contributed by atoms with van der Waals surface area (Å²) in [6.45, 7) is 8.60. The predicted molar refractivity (Wildman–Crippen MR) is 83.5 cm³/mol.